The molecule has 0 radical (unpaired) electrons. The molecule has 0 amide bonds. The molecule has 1 aromatic carbocycles. The van der Waals surface area contributed by atoms with E-state index in [2.05, 4.69) is 0 Å². The van der Waals surface area contributed by atoms with Crippen molar-refractivity contribution in [3.63, 3.8) is 0 Å². The fourth-order valence-corrected chi connectivity index (χ4v) is 2.37. The highest BCUT2D eigenvalue weighted by atomic mass is 32.2. The minimum absolute atomic E-state index is 0.0249. The summed E-state index contributed by atoms with van der Waals surface area (Å²) in [5.41, 5.74) is -4.75. The van der Waals surface area contributed by atoms with Crippen LogP contribution in [0.4, 0.5) is 13.2 Å². The van der Waals surface area contributed by atoms with E-state index in [1.807, 2.05) is 0 Å². The summed E-state index contributed by atoms with van der Waals surface area (Å²) in [5, 5.41) is 9.06. The zero-order chi connectivity index (χ0) is 16.0. The first-order valence-electron chi connectivity index (χ1n) is 5.83. The molecule has 1 rings (SSSR count). The van der Waals surface area contributed by atoms with Crippen molar-refractivity contribution in [1.29, 1.82) is 5.26 Å². The summed E-state index contributed by atoms with van der Waals surface area (Å²) in [6.45, 7) is 1.72. The van der Waals surface area contributed by atoms with Gasteiger partial charge >= 0.3 is 11.5 Å². The van der Waals surface area contributed by atoms with Crippen LogP contribution in [-0.4, -0.2) is 25.2 Å². The summed E-state index contributed by atoms with van der Waals surface area (Å²) in [7, 11) is 1.25. The van der Waals surface area contributed by atoms with Gasteiger partial charge in [-0.3, -0.25) is 4.79 Å². The molecule has 1 aromatic rings. The summed E-state index contributed by atoms with van der Waals surface area (Å²) in [4.78, 5) is 11.1. The van der Waals surface area contributed by atoms with Gasteiger partial charge in [0.05, 0.1) is 20.1 Å². The van der Waals surface area contributed by atoms with Gasteiger partial charge in [-0.25, -0.2) is 0 Å². The van der Waals surface area contributed by atoms with Crippen LogP contribution >= 0.6 is 11.8 Å². The van der Waals surface area contributed by atoms with E-state index in [1.165, 1.54) is 19.2 Å². The number of ether oxygens (including phenoxy) is 2. The number of thioether (sulfide) groups is 1. The average molecular weight is 319 g/mol. The van der Waals surface area contributed by atoms with Crippen molar-refractivity contribution >= 4 is 17.7 Å². The van der Waals surface area contributed by atoms with Crippen molar-refractivity contribution in [2.45, 2.75) is 23.7 Å². The molecule has 114 valence electrons. The van der Waals surface area contributed by atoms with Gasteiger partial charge < -0.3 is 9.47 Å². The Hall–Kier alpha value is -1.88. The predicted molar refractivity (Wildman–Crippen MR) is 70.0 cm³/mol. The molecule has 8 heteroatoms. The fraction of sp³-hybridized carbons (Fsp3) is 0.385. The number of alkyl halides is 3. The third kappa shape index (κ3) is 4.86. The molecule has 0 aliphatic rings. The molecule has 4 nitrogen and oxygen atoms in total. The third-order valence-corrected chi connectivity index (χ3v) is 3.29. The lowest BCUT2D eigenvalue weighted by Crippen LogP contribution is -2.11. The Morgan fingerprint density at radius 3 is 2.57 bits per heavy atom. The highest BCUT2D eigenvalue weighted by Crippen LogP contribution is 2.42. The van der Waals surface area contributed by atoms with Gasteiger partial charge in [-0.15, -0.1) is 0 Å². The Labute approximate surface area is 123 Å². The zero-order valence-electron chi connectivity index (χ0n) is 11.3. The van der Waals surface area contributed by atoms with E-state index in [0.29, 0.717) is 0 Å². The monoisotopic (exact) mass is 319 g/mol. The van der Waals surface area contributed by atoms with Crippen LogP contribution in [0.5, 0.6) is 5.75 Å². The Balaban J connectivity index is 3.29. The molecule has 0 aromatic heterocycles. The van der Waals surface area contributed by atoms with E-state index in [9.17, 15) is 18.0 Å². The SMILES string of the molecule is CCOC(=O)Cc1ccc(OC)c(C#N)c1SC(F)(F)F. The topological polar surface area (TPSA) is 59.3 Å². The molecule has 0 bridgehead atoms. The van der Waals surface area contributed by atoms with Crippen LogP contribution in [0, 0.1) is 11.3 Å². The third-order valence-electron chi connectivity index (χ3n) is 2.39. The summed E-state index contributed by atoms with van der Waals surface area (Å²) >= 11 is -0.442. The molecule has 0 N–H and O–H groups in total. The van der Waals surface area contributed by atoms with Crippen molar-refractivity contribution in [3.8, 4) is 11.8 Å². The van der Waals surface area contributed by atoms with Crippen molar-refractivity contribution in [3.05, 3.63) is 23.3 Å². The molecule has 0 heterocycles. The van der Waals surface area contributed by atoms with Gasteiger partial charge in [-0.2, -0.15) is 18.4 Å². The molecule has 0 spiro atoms. The number of carbonyl (C=O) groups excluding carboxylic acids is 1. The van der Waals surface area contributed by atoms with Crippen LogP contribution in [0.1, 0.15) is 18.1 Å². The van der Waals surface area contributed by atoms with E-state index in [1.54, 1.807) is 13.0 Å². The molecular formula is C13H12F3NO3S. The smallest absolute Gasteiger partial charge is 0.446 e. The minimum atomic E-state index is -4.58. The van der Waals surface area contributed by atoms with Crippen molar-refractivity contribution < 1.29 is 27.4 Å². The first-order chi connectivity index (χ1) is 9.82. The molecule has 0 saturated carbocycles. The molecule has 21 heavy (non-hydrogen) atoms. The van der Waals surface area contributed by atoms with Gasteiger partial charge in [0.15, 0.2) is 0 Å². The van der Waals surface area contributed by atoms with E-state index in [4.69, 9.17) is 14.7 Å². The van der Waals surface area contributed by atoms with Crippen LogP contribution in [0.25, 0.3) is 0 Å². The van der Waals surface area contributed by atoms with Gasteiger partial charge in [0.25, 0.3) is 0 Å². The molecule has 0 saturated heterocycles. The average Bonchev–Trinajstić information content (AvgIpc) is 2.39. The molecule has 0 fully saturated rings. The normalized spacial score (nSPS) is 10.9. The van der Waals surface area contributed by atoms with E-state index < -0.39 is 23.2 Å². The lowest BCUT2D eigenvalue weighted by molar-refractivity contribution is -0.142. The molecular weight excluding hydrogens is 307 g/mol. The maximum absolute atomic E-state index is 12.7. The summed E-state index contributed by atoms with van der Waals surface area (Å²) < 4.78 is 47.6. The number of hydrogen-bond donors (Lipinski definition) is 0. The van der Waals surface area contributed by atoms with E-state index in [-0.39, 0.29) is 34.8 Å². The molecule has 0 unspecified atom stereocenters. The summed E-state index contributed by atoms with van der Waals surface area (Å²) in [6.07, 6.45) is -0.342. The standard InChI is InChI=1S/C13H12F3NO3S/c1-3-20-11(18)6-8-4-5-10(19-2)9(7-17)12(8)21-13(14,15)16/h4-5H,3,6H2,1-2H3. The number of esters is 1. The van der Waals surface area contributed by atoms with Gasteiger partial charge in [0.1, 0.15) is 17.4 Å². The zero-order valence-corrected chi connectivity index (χ0v) is 12.1. The Kier molecular flexibility index (Phi) is 5.90. The number of nitriles is 1. The van der Waals surface area contributed by atoms with Crippen LogP contribution in [0.15, 0.2) is 17.0 Å². The van der Waals surface area contributed by atoms with Gasteiger partial charge in [-0.1, -0.05) is 6.07 Å². The maximum Gasteiger partial charge on any atom is 0.446 e. The molecule has 0 aliphatic heterocycles. The maximum atomic E-state index is 12.7. The van der Waals surface area contributed by atoms with Crippen molar-refractivity contribution in [1.82, 2.24) is 0 Å². The Bertz CT molecular complexity index is 567. The number of hydrogen-bond acceptors (Lipinski definition) is 5. The second-order valence-electron chi connectivity index (χ2n) is 3.77. The second-order valence-corrected chi connectivity index (χ2v) is 4.85. The Morgan fingerprint density at radius 2 is 2.10 bits per heavy atom. The number of rotatable bonds is 5. The van der Waals surface area contributed by atoms with E-state index in [0.717, 1.165) is 0 Å². The van der Waals surface area contributed by atoms with Gasteiger partial charge in [-0.05, 0) is 30.3 Å². The number of halogens is 3. The van der Waals surface area contributed by atoms with E-state index >= 15 is 0 Å². The van der Waals surface area contributed by atoms with Crippen molar-refractivity contribution in [2.24, 2.45) is 0 Å². The quantitative estimate of drug-likeness (QED) is 0.616. The van der Waals surface area contributed by atoms with Crippen LogP contribution in [0.2, 0.25) is 0 Å². The van der Waals surface area contributed by atoms with Crippen LogP contribution in [0.3, 0.4) is 0 Å². The predicted octanol–water partition coefficient (Wildman–Crippen LogP) is 3.28. The number of nitrogens with zero attached hydrogens (tertiary/aromatic N) is 1. The lowest BCUT2D eigenvalue weighted by atomic mass is 10.1. The first-order valence-corrected chi connectivity index (χ1v) is 6.65. The summed E-state index contributed by atoms with van der Waals surface area (Å²) in [6, 6.07) is 4.36. The minimum Gasteiger partial charge on any atom is -0.495 e. The number of methoxy groups -OCH3 is 1. The molecule has 0 atom stereocenters. The number of carbonyl (C=O) groups is 1. The highest BCUT2D eigenvalue weighted by molar-refractivity contribution is 8.00. The summed E-state index contributed by atoms with van der Waals surface area (Å²) in [5.74, 6) is -0.632. The number of benzene rings is 1. The van der Waals surface area contributed by atoms with Crippen LogP contribution < -0.4 is 4.74 Å². The second kappa shape index (κ2) is 7.22. The Morgan fingerprint density at radius 1 is 1.43 bits per heavy atom. The lowest BCUT2D eigenvalue weighted by Gasteiger charge is -2.14. The van der Waals surface area contributed by atoms with Gasteiger partial charge in [0.2, 0.25) is 0 Å². The first kappa shape index (κ1) is 17.2. The fourth-order valence-electron chi connectivity index (χ4n) is 1.62. The largest absolute Gasteiger partial charge is 0.495 e. The van der Waals surface area contributed by atoms with Crippen LogP contribution in [-0.2, 0) is 16.0 Å². The van der Waals surface area contributed by atoms with Crippen molar-refractivity contribution in [2.75, 3.05) is 13.7 Å². The molecule has 0 aliphatic carbocycles. The van der Waals surface area contributed by atoms with Gasteiger partial charge in [0, 0.05) is 4.90 Å². The highest BCUT2D eigenvalue weighted by Gasteiger charge is 2.33.